The van der Waals surface area contributed by atoms with E-state index in [0.717, 1.165) is 0 Å². The van der Waals surface area contributed by atoms with Gasteiger partial charge in [-0.3, -0.25) is 4.79 Å². The predicted octanol–water partition coefficient (Wildman–Crippen LogP) is -0.124. The minimum Gasteiger partial charge on any atom is -0.354 e. The van der Waals surface area contributed by atoms with Crippen LogP contribution in [0.1, 0.15) is 20.3 Å². The number of amides is 1. The summed E-state index contributed by atoms with van der Waals surface area (Å²) < 4.78 is 24.1. The number of hydrogen-bond acceptors (Lipinski definition) is 4. The minimum absolute atomic E-state index is 0.0187. The van der Waals surface area contributed by atoms with Gasteiger partial charge in [0.25, 0.3) is 0 Å². The fraction of sp³-hybridized carbons (Fsp3) is 0.917. The maximum Gasteiger partial charge on any atom is 0.223 e. The second-order valence-corrected chi connectivity index (χ2v) is 8.19. The molecule has 104 valence electrons. The number of nitrogens with one attached hydrogen (secondary N) is 1. The van der Waals surface area contributed by atoms with E-state index in [4.69, 9.17) is 0 Å². The smallest absolute Gasteiger partial charge is 0.223 e. The van der Waals surface area contributed by atoms with Gasteiger partial charge in [0.2, 0.25) is 5.91 Å². The van der Waals surface area contributed by atoms with Gasteiger partial charge in [0, 0.05) is 31.0 Å². The monoisotopic (exact) mass is 274 g/mol. The number of likely N-dealkylation sites (tertiary alicyclic amines) is 1. The first kappa shape index (κ1) is 13.8. The van der Waals surface area contributed by atoms with E-state index in [0.29, 0.717) is 19.5 Å². The molecule has 0 aliphatic carbocycles. The maximum absolute atomic E-state index is 12.1. The minimum atomic E-state index is -3.01. The van der Waals surface area contributed by atoms with Crippen LogP contribution in [0.25, 0.3) is 0 Å². The number of sulfone groups is 1. The van der Waals surface area contributed by atoms with Crippen LogP contribution in [0.3, 0.4) is 0 Å². The molecule has 0 aromatic rings. The lowest BCUT2D eigenvalue weighted by molar-refractivity contribution is -0.127. The molecule has 0 spiro atoms. The molecule has 1 N–H and O–H groups in total. The lowest BCUT2D eigenvalue weighted by atomic mass is 9.87. The summed E-state index contributed by atoms with van der Waals surface area (Å²) in [7, 11) is -1.09. The van der Waals surface area contributed by atoms with Crippen molar-refractivity contribution in [1.82, 2.24) is 10.2 Å². The zero-order chi connectivity index (χ0) is 13.5. The first-order valence-corrected chi connectivity index (χ1v) is 8.23. The van der Waals surface area contributed by atoms with Crippen molar-refractivity contribution in [2.45, 2.75) is 31.6 Å². The van der Waals surface area contributed by atoms with Crippen LogP contribution in [0.4, 0.5) is 0 Å². The normalized spacial score (nSPS) is 35.4. The molecule has 0 saturated carbocycles. The quantitative estimate of drug-likeness (QED) is 0.762. The number of nitrogens with zero attached hydrogens (tertiary/aromatic N) is 1. The van der Waals surface area contributed by atoms with E-state index in [1.165, 1.54) is 0 Å². The SMILES string of the molecule is CC(C)NC(=O)[C@@H]1CCS(=O)(=O)[C@H]2CN(C)C[C@@H]12. The Morgan fingerprint density at radius 2 is 2.00 bits per heavy atom. The lowest BCUT2D eigenvalue weighted by Gasteiger charge is -2.32. The van der Waals surface area contributed by atoms with Crippen molar-refractivity contribution in [3.8, 4) is 0 Å². The van der Waals surface area contributed by atoms with Gasteiger partial charge < -0.3 is 10.2 Å². The fourth-order valence-corrected chi connectivity index (χ4v) is 5.31. The third-order valence-corrected chi connectivity index (χ3v) is 6.18. The highest BCUT2D eigenvalue weighted by Gasteiger charge is 2.49. The van der Waals surface area contributed by atoms with E-state index in [1.54, 1.807) is 0 Å². The molecule has 5 nitrogen and oxygen atoms in total. The Kier molecular flexibility index (Phi) is 3.69. The van der Waals surface area contributed by atoms with Gasteiger partial charge in [-0.1, -0.05) is 0 Å². The number of carbonyl (C=O) groups is 1. The zero-order valence-corrected chi connectivity index (χ0v) is 12.0. The lowest BCUT2D eigenvalue weighted by Crippen LogP contribution is -2.48. The van der Waals surface area contributed by atoms with Gasteiger partial charge in [-0.25, -0.2) is 8.42 Å². The Morgan fingerprint density at radius 1 is 1.33 bits per heavy atom. The van der Waals surface area contributed by atoms with Crippen molar-refractivity contribution in [1.29, 1.82) is 0 Å². The summed E-state index contributed by atoms with van der Waals surface area (Å²) >= 11 is 0. The van der Waals surface area contributed by atoms with Crippen LogP contribution < -0.4 is 5.32 Å². The van der Waals surface area contributed by atoms with Crippen LogP contribution in [-0.2, 0) is 14.6 Å². The van der Waals surface area contributed by atoms with E-state index < -0.39 is 9.84 Å². The summed E-state index contributed by atoms with van der Waals surface area (Å²) in [6, 6.07) is 0.105. The number of rotatable bonds is 2. The summed E-state index contributed by atoms with van der Waals surface area (Å²) in [5.41, 5.74) is 0. The Labute approximate surface area is 109 Å². The summed E-state index contributed by atoms with van der Waals surface area (Å²) in [4.78, 5) is 14.2. The average molecular weight is 274 g/mol. The molecular formula is C12H22N2O3S. The third kappa shape index (κ3) is 2.54. The summed E-state index contributed by atoms with van der Waals surface area (Å²) in [6.07, 6.45) is 0.468. The number of hydrogen-bond donors (Lipinski definition) is 1. The highest BCUT2D eigenvalue weighted by atomic mass is 32.2. The summed E-state index contributed by atoms with van der Waals surface area (Å²) in [5, 5.41) is 2.57. The Hall–Kier alpha value is -0.620. The van der Waals surface area contributed by atoms with Crippen molar-refractivity contribution in [3.05, 3.63) is 0 Å². The van der Waals surface area contributed by atoms with Gasteiger partial charge in [-0.2, -0.15) is 0 Å². The van der Waals surface area contributed by atoms with Crippen LogP contribution in [-0.4, -0.2) is 56.4 Å². The average Bonchev–Trinajstić information content (AvgIpc) is 2.59. The molecule has 3 atom stereocenters. The van der Waals surface area contributed by atoms with Crippen LogP contribution in [0.5, 0.6) is 0 Å². The van der Waals surface area contributed by atoms with Gasteiger partial charge in [0.15, 0.2) is 9.84 Å². The summed E-state index contributed by atoms with van der Waals surface area (Å²) in [6.45, 7) is 5.13. The maximum atomic E-state index is 12.1. The molecule has 2 rings (SSSR count). The van der Waals surface area contributed by atoms with Gasteiger partial charge in [-0.15, -0.1) is 0 Å². The molecule has 0 bridgehead atoms. The van der Waals surface area contributed by atoms with Gasteiger partial charge in [-0.05, 0) is 27.3 Å². The second-order valence-electron chi connectivity index (χ2n) is 5.85. The van der Waals surface area contributed by atoms with E-state index in [9.17, 15) is 13.2 Å². The van der Waals surface area contributed by atoms with Crippen LogP contribution in [0.2, 0.25) is 0 Å². The first-order chi connectivity index (χ1) is 8.31. The van der Waals surface area contributed by atoms with Crippen LogP contribution >= 0.6 is 0 Å². The van der Waals surface area contributed by atoms with Crippen LogP contribution in [0, 0.1) is 11.8 Å². The summed E-state index contributed by atoms with van der Waals surface area (Å²) in [5.74, 6) is -0.0124. The molecule has 18 heavy (non-hydrogen) atoms. The molecule has 6 heteroatoms. The topological polar surface area (TPSA) is 66.5 Å². The molecule has 2 aliphatic heterocycles. The van der Waals surface area contributed by atoms with Crippen molar-refractivity contribution in [2.24, 2.45) is 11.8 Å². The Morgan fingerprint density at radius 3 is 2.61 bits per heavy atom. The molecule has 0 unspecified atom stereocenters. The Bertz CT molecular complexity index is 433. The van der Waals surface area contributed by atoms with Crippen molar-refractivity contribution >= 4 is 15.7 Å². The van der Waals surface area contributed by atoms with E-state index in [1.807, 2.05) is 25.8 Å². The first-order valence-electron chi connectivity index (χ1n) is 6.51. The largest absolute Gasteiger partial charge is 0.354 e. The molecule has 2 saturated heterocycles. The molecule has 0 aromatic heterocycles. The third-order valence-electron chi connectivity index (χ3n) is 3.95. The molecule has 2 heterocycles. The fourth-order valence-electron chi connectivity index (χ4n) is 3.13. The van der Waals surface area contributed by atoms with Crippen LogP contribution in [0.15, 0.2) is 0 Å². The molecule has 0 aromatic carbocycles. The van der Waals surface area contributed by atoms with E-state index in [-0.39, 0.29) is 34.8 Å². The molecular weight excluding hydrogens is 252 g/mol. The predicted molar refractivity (Wildman–Crippen MR) is 69.9 cm³/mol. The molecule has 1 amide bonds. The number of fused-ring (bicyclic) bond motifs is 1. The Balaban J connectivity index is 2.17. The highest BCUT2D eigenvalue weighted by Crippen LogP contribution is 2.36. The number of carbonyl (C=O) groups excluding carboxylic acids is 1. The molecule has 2 aliphatic rings. The molecule has 0 radical (unpaired) electrons. The second kappa shape index (κ2) is 4.81. The van der Waals surface area contributed by atoms with Gasteiger partial charge in [0.1, 0.15) is 0 Å². The van der Waals surface area contributed by atoms with Crippen molar-refractivity contribution in [2.75, 3.05) is 25.9 Å². The van der Waals surface area contributed by atoms with Gasteiger partial charge >= 0.3 is 0 Å². The van der Waals surface area contributed by atoms with Gasteiger partial charge in [0.05, 0.1) is 11.0 Å². The zero-order valence-electron chi connectivity index (χ0n) is 11.2. The van der Waals surface area contributed by atoms with Crippen molar-refractivity contribution < 1.29 is 13.2 Å². The van der Waals surface area contributed by atoms with E-state index in [2.05, 4.69) is 5.32 Å². The van der Waals surface area contributed by atoms with Crippen molar-refractivity contribution in [3.63, 3.8) is 0 Å². The molecule has 2 fully saturated rings. The van der Waals surface area contributed by atoms with E-state index >= 15 is 0 Å². The standard InChI is InChI=1S/C12H22N2O3S/c1-8(2)13-12(15)9-4-5-18(16,17)11-7-14(3)6-10(9)11/h8-11H,4-7H2,1-3H3,(H,13,15)/t9-,10+,11+/m1/s1. The highest BCUT2D eigenvalue weighted by molar-refractivity contribution is 7.92.